The van der Waals surface area contributed by atoms with Crippen LogP contribution in [0.15, 0.2) is 24.3 Å². The highest BCUT2D eigenvalue weighted by Crippen LogP contribution is 2.35. The van der Waals surface area contributed by atoms with Gasteiger partial charge in [0.15, 0.2) is 0 Å². The summed E-state index contributed by atoms with van der Waals surface area (Å²) in [7, 11) is 0. The third-order valence-corrected chi connectivity index (χ3v) is 3.64. The van der Waals surface area contributed by atoms with E-state index in [0.29, 0.717) is 5.92 Å². The second kappa shape index (κ2) is 5.28. The van der Waals surface area contributed by atoms with Crippen LogP contribution in [-0.2, 0) is 6.18 Å². The predicted molar refractivity (Wildman–Crippen MR) is 63.5 cm³/mol. The normalized spacial score (nSPS) is 18.4. The first-order valence-corrected chi connectivity index (χ1v) is 6.14. The van der Waals surface area contributed by atoms with Crippen molar-refractivity contribution in [3.63, 3.8) is 0 Å². The second-order valence-electron chi connectivity index (χ2n) is 4.87. The number of hydrogen-bond acceptors (Lipinski definition) is 2. The fraction of sp³-hybridized carbons (Fsp3) is 0.538. The average Bonchev–Trinajstić information content (AvgIpc) is 2.27. The molecule has 2 rings (SSSR count). The number of rotatable bonds is 4. The number of alkyl halides is 3. The Kier molecular flexibility index (Phi) is 3.92. The molecule has 1 fully saturated rings. The standard InChI is InChI=1S/C13H17F3N2/c14-13(15,16)11-6-4-10(5-7-11)12(18-17)8-9-2-1-3-9/h4-7,9,12,18H,1-3,8,17H2. The first-order valence-electron chi connectivity index (χ1n) is 6.14. The molecule has 1 atom stereocenters. The molecule has 0 radical (unpaired) electrons. The summed E-state index contributed by atoms with van der Waals surface area (Å²) in [6.45, 7) is 0. The van der Waals surface area contributed by atoms with Crippen molar-refractivity contribution in [3.8, 4) is 0 Å². The molecule has 1 aromatic rings. The monoisotopic (exact) mass is 258 g/mol. The van der Waals surface area contributed by atoms with E-state index in [-0.39, 0.29) is 6.04 Å². The van der Waals surface area contributed by atoms with Gasteiger partial charge in [0.05, 0.1) is 5.56 Å². The van der Waals surface area contributed by atoms with Crippen molar-refractivity contribution in [1.29, 1.82) is 0 Å². The molecule has 2 nitrogen and oxygen atoms in total. The van der Waals surface area contributed by atoms with Gasteiger partial charge >= 0.3 is 6.18 Å². The smallest absolute Gasteiger partial charge is 0.271 e. The van der Waals surface area contributed by atoms with Gasteiger partial charge < -0.3 is 0 Å². The van der Waals surface area contributed by atoms with Crippen molar-refractivity contribution in [2.24, 2.45) is 11.8 Å². The Morgan fingerprint density at radius 1 is 1.22 bits per heavy atom. The Labute approximate surface area is 104 Å². The minimum absolute atomic E-state index is 0.0578. The summed E-state index contributed by atoms with van der Waals surface area (Å²) in [5.41, 5.74) is 2.89. The molecule has 1 aromatic carbocycles. The Morgan fingerprint density at radius 3 is 2.22 bits per heavy atom. The molecule has 1 saturated carbocycles. The molecule has 1 unspecified atom stereocenters. The van der Waals surface area contributed by atoms with Crippen LogP contribution >= 0.6 is 0 Å². The van der Waals surface area contributed by atoms with E-state index in [0.717, 1.165) is 24.1 Å². The lowest BCUT2D eigenvalue weighted by molar-refractivity contribution is -0.137. The summed E-state index contributed by atoms with van der Waals surface area (Å²) in [6, 6.07) is 5.18. The summed E-state index contributed by atoms with van der Waals surface area (Å²) in [4.78, 5) is 0. The lowest BCUT2D eigenvalue weighted by Gasteiger charge is -2.29. The summed E-state index contributed by atoms with van der Waals surface area (Å²) >= 11 is 0. The van der Waals surface area contributed by atoms with Crippen LogP contribution < -0.4 is 11.3 Å². The highest BCUT2D eigenvalue weighted by atomic mass is 19.4. The molecule has 3 N–H and O–H groups in total. The zero-order valence-electron chi connectivity index (χ0n) is 10.0. The SMILES string of the molecule is NNC(CC1CCC1)c1ccc(C(F)(F)F)cc1. The average molecular weight is 258 g/mol. The summed E-state index contributed by atoms with van der Waals surface area (Å²) in [5, 5.41) is 0. The minimum Gasteiger partial charge on any atom is -0.271 e. The van der Waals surface area contributed by atoms with Gasteiger partial charge in [0.2, 0.25) is 0 Å². The van der Waals surface area contributed by atoms with Gasteiger partial charge in [0.1, 0.15) is 0 Å². The van der Waals surface area contributed by atoms with Crippen LogP contribution in [-0.4, -0.2) is 0 Å². The molecule has 0 bridgehead atoms. The van der Waals surface area contributed by atoms with Gasteiger partial charge in [-0.25, -0.2) is 0 Å². The largest absolute Gasteiger partial charge is 0.416 e. The Morgan fingerprint density at radius 2 is 1.83 bits per heavy atom. The number of nitrogens with one attached hydrogen (secondary N) is 1. The number of nitrogens with two attached hydrogens (primary N) is 1. The minimum atomic E-state index is -4.28. The van der Waals surface area contributed by atoms with Crippen LogP contribution in [0.4, 0.5) is 13.2 Å². The van der Waals surface area contributed by atoms with Crippen molar-refractivity contribution in [1.82, 2.24) is 5.43 Å². The maximum Gasteiger partial charge on any atom is 0.416 e. The molecule has 18 heavy (non-hydrogen) atoms. The molecule has 0 spiro atoms. The van der Waals surface area contributed by atoms with Gasteiger partial charge in [-0.3, -0.25) is 11.3 Å². The molecular formula is C13H17F3N2. The van der Waals surface area contributed by atoms with E-state index in [4.69, 9.17) is 5.84 Å². The first-order chi connectivity index (χ1) is 8.50. The van der Waals surface area contributed by atoms with Crippen LogP contribution in [0.3, 0.4) is 0 Å². The molecule has 0 saturated heterocycles. The fourth-order valence-corrected chi connectivity index (χ4v) is 2.27. The van der Waals surface area contributed by atoms with Gasteiger partial charge in [0, 0.05) is 6.04 Å². The summed E-state index contributed by atoms with van der Waals surface area (Å²) in [5.74, 6) is 6.13. The van der Waals surface area contributed by atoms with E-state index in [1.165, 1.54) is 31.4 Å². The van der Waals surface area contributed by atoms with Crippen molar-refractivity contribution in [2.45, 2.75) is 37.9 Å². The molecule has 1 aliphatic rings. The molecule has 0 amide bonds. The maximum absolute atomic E-state index is 12.4. The predicted octanol–water partition coefficient (Wildman–Crippen LogP) is 3.40. The molecule has 0 heterocycles. The quantitative estimate of drug-likeness (QED) is 0.641. The Bertz CT molecular complexity index is 382. The zero-order valence-corrected chi connectivity index (χ0v) is 10.0. The molecule has 0 aromatic heterocycles. The molecule has 100 valence electrons. The van der Waals surface area contributed by atoms with Crippen molar-refractivity contribution >= 4 is 0 Å². The molecule has 1 aliphatic carbocycles. The van der Waals surface area contributed by atoms with Gasteiger partial charge in [-0.15, -0.1) is 0 Å². The maximum atomic E-state index is 12.4. The summed E-state index contributed by atoms with van der Waals surface area (Å²) < 4.78 is 37.3. The number of halogens is 3. The fourth-order valence-electron chi connectivity index (χ4n) is 2.27. The van der Waals surface area contributed by atoms with Crippen LogP contribution in [0.25, 0.3) is 0 Å². The first kappa shape index (κ1) is 13.4. The Balaban J connectivity index is 2.06. The second-order valence-corrected chi connectivity index (χ2v) is 4.87. The van der Waals surface area contributed by atoms with E-state index in [1.807, 2.05) is 0 Å². The van der Waals surface area contributed by atoms with E-state index in [9.17, 15) is 13.2 Å². The van der Waals surface area contributed by atoms with E-state index >= 15 is 0 Å². The van der Waals surface area contributed by atoms with Crippen LogP contribution in [0.5, 0.6) is 0 Å². The molecule has 5 heteroatoms. The van der Waals surface area contributed by atoms with E-state index < -0.39 is 11.7 Å². The Hall–Kier alpha value is -1.07. The van der Waals surface area contributed by atoms with Crippen LogP contribution in [0.1, 0.15) is 42.9 Å². The van der Waals surface area contributed by atoms with Crippen LogP contribution in [0.2, 0.25) is 0 Å². The van der Waals surface area contributed by atoms with Crippen molar-refractivity contribution in [3.05, 3.63) is 35.4 Å². The summed E-state index contributed by atoms with van der Waals surface area (Å²) in [6.07, 6.45) is 0.243. The van der Waals surface area contributed by atoms with Crippen molar-refractivity contribution < 1.29 is 13.2 Å². The number of hydrazine groups is 1. The van der Waals surface area contributed by atoms with Gasteiger partial charge in [-0.2, -0.15) is 13.2 Å². The van der Waals surface area contributed by atoms with Gasteiger partial charge in [-0.05, 0) is 30.0 Å². The zero-order chi connectivity index (χ0) is 13.2. The van der Waals surface area contributed by atoms with E-state index in [1.54, 1.807) is 0 Å². The molecular weight excluding hydrogens is 241 g/mol. The van der Waals surface area contributed by atoms with Crippen molar-refractivity contribution in [2.75, 3.05) is 0 Å². The highest BCUT2D eigenvalue weighted by molar-refractivity contribution is 5.26. The van der Waals surface area contributed by atoms with Crippen LogP contribution in [0, 0.1) is 5.92 Å². The third-order valence-electron chi connectivity index (χ3n) is 3.64. The highest BCUT2D eigenvalue weighted by Gasteiger charge is 2.30. The molecule has 0 aliphatic heterocycles. The third kappa shape index (κ3) is 3.03. The van der Waals surface area contributed by atoms with Gasteiger partial charge in [0.25, 0.3) is 0 Å². The lowest BCUT2D eigenvalue weighted by atomic mass is 9.79. The lowest BCUT2D eigenvalue weighted by Crippen LogP contribution is -2.31. The number of hydrogen-bond donors (Lipinski definition) is 2. The van der Waals surface area contributed by atoms with E-state index in [2.05, 4.69) is 5.43 Å². The topological polar surface area (TPSA) is 38.0 Å². The number of benzene rings is 1. The van der Waals surface area contributed by atoms with Gasteiger partial charge in [-0.1, -0.05) is 31.4 Å².